The quantitative estimate of drug-likeness (QED) is 0.731. The summed E-state index contributed by atoms with van der Waals surface area (Å²) in [4.78, 5) is 6.00. The minimum Gasteiger partial charge on any atom is -0.380 e. The number of methoxy groups -OCH3 is 1. The number of nitrogens with zero attached hydrogens (tertiary/aromatic N) is 2. The van der Waals surface area contributed by atoms with E-state index in [-0.39, 0.29) is 5.82 Å². The summed E-state index contributed by atoms with van der Waals surface area (Å²) < 4.78 is 18.5. The summed E-state index contributed by atoms with van der Waals surface area (Å²) in [7, 11) is 1.69. The highest BCUT2D eigenvalue weighted by molar-refractivity contribution is 5.42. The molecule has 1 aromatic heterocycles. The number of anilines is 1. The van der Waals surface area contributed by atoms with Gasteiger partial charge in [0.1, 0.15) is 0 Å². The molecule has 0 bridgehead atoms. The van der Waals surface area contributed by atoms with Gasteiger partial charge in [0.15, 0.2) is 11.6 Å². The molecule has 1 aromatic rings. The molecule has 0 saturated heterocycles. The normalized spacial score (nSPS) is 16.1. The first-order valence-electron chi connectivity index (χ1n) is 5.33. The number of halogens is 1. The zero-order chi connectivity index (χ0) is 11.4. The zero-order valence-electron chi connectivity index (χ0n) is 9.32. The van der Waals surface area contributed by atoms with Gasteiger partial charge in [0.05, 0.1) is 6.61 Å². The molecule has 2 heterocycles. The maximum Gasteiger partial charge on any atom is 0.165 e. The summed E-state index contributed by atoms with van der Waals surface area (Å²) in [5, 5.41) is 0. The second kappa shape index (κ2) is 5.07. The fourth-order valence-corrected chi connectivity index (χ4v) is 1.83. The largest absolute Gasteiger partial charge is 0.380 e. The third-order valence-corrected chi connectivity index (χ3v) is 2.67. The highest BCUT2D eigenvalue weighted by atomic mass is 19.1. The van der Waals surface area contributed by atoms with Crippen LogP contribution >= 0.6 is 0 Å². The van der Waals surface area contributed by atoms with Gasteiger partial charge in [-0.15, -0.1) is 0 Å². The Kier molecular flexibility index (Phi) is 3.51. The van der Waals surface area contributed by atoms with E-state index in [0.717, 1.165) is 13.0 Å². The molecule has 0 amide bonds. The van der Waals surface area contributed by atoms with Crippen LogP contribution in [0.15, 0.2) is 30.0 Å². The first kappa shape index (κ1) is 11.1. The van der Waals surface area contributed by atoms with Gasteiger partial charge in [0.2, 0.25) is 0 Å². The fourth-order valence-electron chi connectivity index (χ4n) is 1.83. The van der Waals surface area contributed by atoms with Crippen molar-refractivity contribution in [3.05, 3.63) is 35.8 Å². The van der Waals surface area contributed by atoms with E-state index < -0.39 is 0 Å². The Morgan fingerprint density at radius 2 is 2.44 bits per heavy atom. The van der Waals surface area contributed by atoms with Gasteiger partial charge >= 0.3 is 0 Å². The highest BCUT2D eigenvalue weighted by Gasteiger charge is 2.15. The van der Waals surface area contributed by atoms with E-state index in [1.807, 2.05) is 4.90 Å². The van der Waals surface area contributed by atoms with Gasteiger partial charge in [-0.05, 0) is 24.1 Å². The predicted molar refractivity (Wildman–Crippen MR) is 61.0 cm³/mol. The van der Waals surface area contributed by atoms with Gasteiger partial charge in [-0.2, -0.15) is 0 Å². The number of rotatable bonds is 3. The Labute approximate surface area is 94.5 Å². The molecular formula is C12H15FN2O. The van der Waals surface area contributed by atoms with Crippen LogP contribution in [0.4, 0.5) is 10.2 Å². The Bertz CT molecular complexity index is 392. The smallest absolute Gasteiger partial charge is 0.165 e. The zero-order valence-corrected chi connectivity index (χ0v) is 9.32. The molecule has 0 aliphatic carbocycles. The molecule has 2 rings (SSSR count). The van der Waals surface area contributed by atoms with E-state index in [1.165, 1.54) is 11.6 Å². The maximum absolute atomic E-state index is 13.5. The first-order chi connectivity index (χ1) is 7.81. The summed E-state index contributed by atoms with van der Waals surface area (Å²) >= 11 is 0. The summed E-state index contributed by atoms with van der Waals surface area (Å²) in [6.45, 7) is 2.16. The van der Waals surface area contributed by atoms with E-state index in [1.54, 1.807) is 19.4 Å². The van der Waals surface area contributed by atoms with Crippen molar-refractivity contribution in [2.75, 3.05) is 31.7 Å². The number of ether oxygens (including phenoxy) is 1. The van der Waals surface area contributed by atoms with Crippen LogP contribution in [0, 0.1) is 5.82 Å². The van der Waals surface area contributed by atoms with E-state index in [2.05, 4.69) is 11.1 Å². The van der Waals surface area contributed by atoms with E-state index in [9.17, 15) is 4.39 Å². The third-order valence-electron chi connectivity index (χ3n) is 2.67. The Hall–Kier alpha value is -1.42. The molecule has 3 nitrogen and oxygen atoms in total. The van der Waals surface area contributed by atoms with Gasteiger partial charge in [-0.25, -0.2) is 9.37 Å². The number of hydrogen-bond acceptors (Lipinski definition) is 3. The standard InChI is InChI=1S/C12H15FN2O/c1-16-9-10-4-7-15(8-5-10)12-11(13)3-2-6-14-12/h2-4,6H,5,7-9H2,1H3. The van der Waals surface area contributed by atoms with Crippen LogP contribution in [0.1, 0.15) is 6.42 Å². The van der Waals surface area contributed by atoms with Crippen LogP contribution in [-0.4, -0.2) is 31.8 Å². The van der Waals surface area contributed by atoms with Gasteiger partial charge in [0, 0.05) is 26.4 Å². The van der Waals surface area contributed by atoms with Gasteiger partial charge in [0.25, 0.3) is 0 Å². The first-order valence-corrected chi connectivity index (χ1v) is 5.33. The van der Waals surface area contributed by atoms with Crippen molar-refractivity contribution in [2.24, 2.45) is 0 Å². The second-order valence-corrected chi connectivity index (χ2v) is 3.80. The highest BCUT2D eigenvalue weighted by Crippen LogP contribution is 2.20. The van der Waals surface area contributed by atoms with Crippen LogP contribution in [0.2, 0.25) is 0 Å². The van der Waals surface area contributed by atoms with Gasteiger partial charge < -0.3 is 9.64 Å². The van der Waals surface area contributed by atoms with Crippen molar-refractivity contribution in [1.82, 2.24) is 4.98 Å². The summed E-state index contributed by atoms with van der Waals surface area (Å²) in [5.74, 6) is 0.182. The molecule has 0 spiro atoms. The molecule has 86 valence electrons. The minimum absolute atomic E-state index is 0.258. The Balaban J connectivity index is 2.07. The Morgan fingerprint density at radius 3 is 3.06 bits per heavy atom. The Morgan fingerprint density at radius 1 is 1.56 bits per heavy atom. The lowest BCUT2D eigenvalue weighted by atomic mass is 10.1. The van der Waals surface area contributed by atoms with Crippen LogP contribution < -0.4 is 4.90 Å². The molecule has 0 N–H and O–H groups in total. The lowest BCUT2D eigenvalue weighted by molar-refractivity contribution is 0.222. The van der Waals surface area contributed by atoms with Crippen molar-refractivity contribution in [1.29, 1.82) is 0 Å². The molecule has 0 atom stereocenters. The third kappa shape index (κ3) is 2.39. The average molecular weight is 222 g/mol. The molecule has 1 aliphatic heterocycles. The second-order valence-electron chi connectivity index (χ2n) is 3.80. The SMILES string of the molecule is COCC1=CCN(c2ncccc2F)CC1. The van der Waals surface area contributed by atoms with Crippen molar-refractivity contribution in [2.45, 2.75) is 6.42 Å². The lowest BCUT2D eigenvalue weighted by Gasteiger charge is -2.27. The monoisotopic (exact) mass is 222 g/mol. The van der Waals surface area contributed by atoms with Crippen molar-refractivity contribution in [3.8, 4) is 0 Å². The van der Waals surface area contributed by atoms with Crippen LogP contribution in [-0.2, 0) is 4.74 Å². The van der Waals surface area contributed by atoms with Crippen molar-refractivity contribution in [3.63, 3.8) is 0 Å². The molecule has 1 aliphatic rings. The van der Waals surface area contributed by atoms with Crippen LogP contribution in [0.3, 0.4) is 0 Å². The maximum atomic E-state index is 13.5. The topological polar surface area (TPSA) is 25.4 Å². The molecule has 0 aromatic carbocycles. The van der Waals surface area contributed by atoms with E-state index in [0.29, 0.717) is 19.0 Å². The molecule has 0 fully saturated rings. The molecule has 16 heavy (non-hydrogen) atoms. The lowest BCUT2D eigenvalue weighted by Crippen LogP contribution is -2.30. The molecule has 0 saturated carbocycles. The summed E-state index contributed by atoms with van der Waals surface area (Å²) in [6.07, 6.45) is 4.61. The molecular weight excluding hydrogens is 207 g/mol. The van der Waals surface area contributed by atoms with Crippen molar-refractivity contribution >= 4 is 5.82 Å². The van der Waals surface area contributed by atoms with Crippen LogP contribution in [0.25, 0.3) is 0 Å². The number of aromatic nitrogens is 1. The number of pyridine rings is 1. The minimum atomic E-state index is -0.258. The average Bonchev–Trinajstić information content (AvgIpc) is 2.31. The van der Waals surface area contributed by atoms with Crippen molar-refractivity contribution < 1.29 is 9.13 Å². The van der Waals surface area contributed by atoms with E-state index >= 15 is 0 Å². The van der Waals surface area contributed by atoms with Gasteiger partial charge in [-0.3, -0.25) is 0 Å². The fraction of sp³-hybridized carbons (Fsp3) is 0.417. The molecule has 0 radical (unpaired) electrons. The van der Waals surface area contributed by atoms with Gasteiger partial charge in [-0.1, -0.05) is 6.08 Å². The molecule has 0 unspecified atom stereocenters. The summed E-state index contributed by atoms with van der Waals surface area (Å²) in [5.41, 5.74) is 1.27. The molecule has 4 heteroatoms. The van der Waals surface area contributed by atoms with Crippen LogP contribution in [0.5, 0.6) is 0 Å². The van der Waals surface area contributed by atoms with E-state index in [4.69, 9.17) is 4.74 Å². The predicted octanol–water partition coefficient (Wildman–Crippen LogP) is 2.00. The number of hydrogen-bond donors (Lipinski definition) is 0. The summed E-state index contributed by atoms with van der Waals surface area (Å²) in [6, 6.07) is 3.05.